The number of aryl methyl sites for hydroxylation is 1. The van der Waals surface area contributed by atoms with Gasteiger partial charge in [0.25, 0.3) is 16.0 Å². The fourth-order valence-corrected chi connectivity index (χ4v) is 3.13. The number of sulfonamides is 1. The number of hydrogen-bond acceptors (Lipinski definition) is 5. The SMILES string of the molecule is Cc1ccc(S(=O)(=O)Nc2nc3n(n2)[C@H](C)CC(=O)N3)cc1. The first kappa shape index (κ1) is 14.5. The van der Waals surface area contributed by atoms with Gasteiger partial charge >= 0.3 is 0 Å². The van der Waals surface area contributed by atoms with Gasteiger partial charge in [-0.2, -0.15) is 4.98 Å². The first-order valence-corrected chi connectivity index (χ1v) is 8.19. The fourth-order valence-electron chi connectivity index (χ4n) is 2.19. The zero-order chi connectivity index (χ0) is 15.9. The summed E-state index contributed by atoms with van der Waals surface area (Å²) in [6, 6.07) is 6.27. The highest BCUT2D eigenvalue weighted by Crippen LogP contribution is 2.24. The molecule has 3 rings (SSSR count). The quantitative estimate of drug-likeness (QED) is 0.886. The van der Waals surface area contributed by atoms with Crippen LogP contribution in [0.3, 0.4) is 0 Å². The molecular weight excluding hydrogens is 306 g/mol. The number of benzene rings is 1. The van der Waals surface area contributed by atoms with Crippen molar-refractivity contribution in [3.63, 3.8) is 0 Å². The Kier molecular flexibility index (Phi) is 3.36. The Balaban J connectivity index is 1.89. The summed E-state index contributed by atoms with van der Waals surface area (Å²) >= 11 is 0. The molecular formula is C13H15N5O3S. The fraction of sp³-hybridized carbons (Fsp3) is 0.308. The van der Waals surface area contributed by atoms with Gasteiger partial charge in [0, 0.05) is 6.42 Å². The van der Waals surface area contributed by atoms with Crippen LogP contribution in [0, 0.1) is 6.92 Å². The van der Waals surface area contributed by atoms with Crippen LogP contribution >= 0.6 is 0 Å². The van der Waals surface area contributed by atoms with Crippen LogP contribution in [0.2, 0.25) is 0 Å². The average molecular weight is 321 g/mol. The van der Waals surface area contributed by atoms with Crippen LogP contribution in [0.25, 0.3) is 0 Å². The van der Waals surface area contributed by atoms with E-state index in [1.54, 1.807) is 12.1 Å². The van der Waals surface area contributed by atoms with Gasteiger partial charge in [0.1, 0.15) is 0 Å². The Labute approximate surface area is 127 Å². The molecule has 1 amide bonds. The highest BCUT2D eigenvalue weighted by Gasteiger charge is 2.26. The second kappa shape index (κ2) is 5.09. The van der Waals surface area contributed by atoms with Crippen LogP contribution in [0.4, 0.5) is 11.9 Å². The molecule has 22 heavy (non-hydrogen) atoms. The molecule has 1 atom stereocenters. The Morgan fingerprint density at radius 3 is 2.68 bits per heavy atom. The Hall–Kier alpha value is -2.42. The summed E-state index contributed by atoms with van der Waals surface area (Å²) in [5, 5.41) is 6.65. The van der Waals surface area contributed by atoms with Crippen molar-refractivity contribution in [1.29, 1.82) is 0 Å². The summed E-state index contributed by atoms with van der Waals surface area (Å²) in [6.45, 7) is 3.69. The van der Waals surface area contributed by atoms with Gasteiger partial charge in [0.15, 0.2) is 0 Å². The summed E-state index contributed by atoms with van der Waals surface area (Å²) in [5.74, 6) is 0.00956. The summed E-state index contributed by atoms with van der Waals surface area (Å²) < 4.78 is 28.4. The molecule has 0 saturated carbocycles. The number of nitrogens with zero attached hydrogens (tertiary/aromatic N) is 3. The Morgan fingerprint density at radius 2 is 2.00 bits per heavy atom. The number of carbonyl (C=O) groups is 1. The highest BCUT2D eigenvalue weighted by atomic mass is 32.2. The van der Waals surface area contributed by atoms with E-state index in [2.05, 4.69) is 20.1 Å². The van der Waals surface area contributed by atoms with Gasteiger partial charge in [-0.15, -0.1) is 5.10 Å². The van der Waals surface area contributed by atoms with Crippen LogP contribution in [-0.4, -0.2) is 29.1 Å². The van der Waals surface area contributed by atoms with E-state index in [1.165, 1.54) is 16.8 Å². The van der Waals surface area contributed by atoms with Crippen LogP contribution in [0.15, 0.2) is 29.2 Å². The molecule has 9 heteroatoms. The molecule has 116 valence electrons. The van der Waals surface area contributed by atoms with E-state index in [4.69, 9.17) is 0 Å². The zero-order valence-corrected chi connectivity index (χ0v) is 12.9. The molecule has 0 radical (unpaired) electrons. The van der Waals surface area contributed by atoms with Gasteiger partial charge in [-0.1, -0.05) is 17.7 Å². The molecule has 2 heterocycles. The van der Waals surface area contributed by atoms with Gasteiger partial charge in [-0.3, -0.25) is 10.1 Å². The van der Waals surface area contributed by atoms with Crippen molar-refractivity contribution in [3.05, 3.63) is 29.8 Å². The molecule has 0 spiro atoms. The molecule has 0 bridgehead atoms. The van der Waals surface area contributed by atoms with E-state index in [-0.39, 0.29) is 35.2 Å². The normalized spacial score (nSPS) is 17.7. The molecule has 1 aliphatic heterocycles. The minimum absolute atomic E-state index is 0.0652. The monoisotopic (exact) mass is 321 g/mol. The molecule has 0 unspecified atom stereocenters. The molecule has 2 N–H and O–H groups in total. The number of nitrogens with one attached hydrogen (secondary N) is 2. The van der Waals surface area contributed by atoms with Gasteiger partial charge in [0.2, 0.25) is 11.9 Å². The van der Waals surface area contributed by atoms with E-state index in [0.29, 0.717) is 0 Å². The van der Waals surface area contributed by atoms with Crippen molar-refractivity contribution in [2.45, 2.75) is 31.2 Å². The lowest BCUT2D eigenvalue weighted by molar-refractivity contribution is -0.117. The van der Waals surface area contributed by atoms with E-state index in [9.17, 15) is 13.2 Å². The second-order valence-electron chi connectivity index (χ2n) is 5.22. The number of carbonyl (C=O) groups excluding carboxylic acids is 1. The Bertz CT molecular complexity index is 826. The van der Waals surface area contributed by atoms with E-state index in [0.717, 1.165) is 5.56 Å². The van der Waals surface area contributed by atoms with Gasteiger partial charge in [-0.05, 0) is 26.0 Å². The first-order valence-electron chi connectivity index (χ1n) is 6.71. The average Bonchev–Trinajstić information content (AvgIpc) is 2.81. The van der Waals surface area contributed by atoms with E-state index >= 15 is 0 Å². The second-order valence-corrected chi connectivity index (χ2v) is 6.91. The number of amides is 1. The highest BCUT2D eigenvalue weighted by molar-refractivity contribution is 7.92. The third-order valence-electron chi connectivity index (χ3n) is 3.34. The zero-order valence-electron chi connectivity index (χ0n) is 12.1. The molecule has 0 fully saturated rings. The summed E-state index contributed by atoms with van der Waals surface area (Å²) in [5.41, 5.74) is 0.964. The summed E-state index contributed by atoms with van der Waals surface area (Å²) in [6.07, 6.45) is 0.278. The number of hydrogen-bond donors (Lipinski definition) is 2. The van der Waals surface area contributed by atoms with Crippen LogP contribution in [0.1, 0.15) is 24.9 Å². The maximum atomic E-state index is 12.3. The number of rotatable bonds is 3. The van der Waals surface area contributed by atoms with Gasteiger partial charge in [0.05, 0.1) is 10.9 Å². The molecule has 0 aliphatic carbocycles. The van der Waals surface area contributed by atoms with Gasteiger partial charge < -0.3 is 0 Å². The Morgan fingerprint density at radius 1 is 1.32 bits per heavy atom. The van der Waals surface area contributed by atoms with Crippen LogP contribution < -0.4 is 10.0 Å². The van der Waals surface area contributed by atoms with Crippen molar-refractivity contribution in [2.75, 3.05) is 10.0 Å². The van der Waals surface area contributed by atoms with Crippen molar-refractivity contribution >= 4 is 27.8 Å². The lowest BCUT2D eigenvalue weighted by atomic mass is 10.2. The lowest BCUT2D eigenvalue weighted by Crippen LogP contribution is -2.26. The van der Waals surface area contributed by atoms with Crippen LogP contribution in [0.5, 0.6) is 0 Å². The maximum Gasteiger partial charge on any atom is 0.264 e. The predicted molar refractivity (Wildman–Crippen MR) is 80.0 cm³/mol. The smallest absolute Gasteiger partial charge is 0.264 e. The van der Waals surface area contributed by atoms with Crippen molar-refractivity contribution in [2.24, 2.45) is 0 Å². The molecule has 2 aromatic rings. The van der Waals surface area contributed by atoms with E-state index < -0.39 is 10.0 Å². The standard InChI is InChI=1S/C13H15N5O3S/c1-8-3-5-10(6-4-8)22(20,21)17-12-15-13-14-11(19)7-9(2)18(13)16-12/h3-6,9H,7H2,1-2H3,(H2,14,15,16,17,19)/t9-/m1/s1. The molecule has 1 aliphatic rings. The van der Waals surface area contributed by atoms with Gasteiger partial charge in [-0.25, -0.2) is 17.8 Å². The minimum atomic E-state index is -3.76. The molecule has 0 saturated heterocycles. The third-order valence-corrected chi connectivity index (χ3v) is 4.68. The largest absolute Gasteiger partial charge is 0.295 e. The first-order chi connectivity index (χ1) is 10.3. The lowest BCUT2D eigenvalue weighted by Gasteiger charge is -2.18. The third kappa shape index (κ3) is 2.67. The van der Waals surface area contributed by atoms with Crippen molar-refractivity contribution in [1.82, 2.24) is 14.8 Å². The molecule has 1 aromatic heterocycles. The number of anilines is 2. The molecule has 1 aromatic carbocycles. The van der Waals surface area contributed by atoms with Crippen LogP contribution in [-0.2, 0) is 14.8 Å². The minimum Gasteiger partial charge on any atom is -0.295 e. The summed E-state index contributed by atoms with van der Waals surface area (Å²) in [4.78, 5) is 15.6. The van der Waals surface area contributed by atoms with E-state index in [1.807, 2.05) is 13.8 Å². The summed E-state index contributed by atoms with van der Waals surface area (Å²) in [7, 11) is -3.76. The number of aromatic nitrogens is 3. The predicted octanol–water partition coefficient (Wildman–Crippen LogP) is 1.29. The van der Waals surface area contributed by atoms with Crippen molar-refractivity contribution in [3.8, 4) is 0 Å². The topological polar surface area (TPSA) is 106 Å². The van der Waals surface area contributed by atoms with Crippen molar-refractivity contribution < 1.29 is 13.2 Å². The maximum absolute atomic E-state index is 12.3. The molecule has 8 nitrogen and oxygen atoms in total. The number of fused-ring (bicyclic) bond motifs is 1.